The van der Waals surface area contributed by atoms with Gasteiger partial charge < -0.3 is 9.84 Å². The first-order chi connectivity index (χ1) is 17.1. The number of rotatable bonds is 8. The van der Waals surface area contributed by atoms with E-state index in [-0.39, 0.29) is 11.8 Å². The van der Waals surface area contributed by atoms with E-state index in [4.69, 9.17) is 16.1 Å². The number of benzene rings is 2. The van der Waals surface area contributed by atoms with Crippen LogP contribution in [0, 0.1) is 5.92 Å². The molecule has 0 spiro atoms. The number of aromatic nitrogens is 2. The van der Waals surface area contributed by atoms with Crippen molar-refractivity contribution >= 4 is 17.5 Å². The van der Waals surface area contributed by atoms with E-state index in [1.165, 1.54) is 31.5 Å². The summed E-state index contributed by atoms with van der Waals surface area (Å²) in [5, 5.41) is 7.84. The van der Waals surface area contributed by atoms with Gasteiger partial charge in [-0.2, -0.15) is 4.98 Å². The van der Waals surface area contributed by atoms with Crippen molar-refractivity contribution in [1.82, 2.24) is 25.3 Å². The molecule has 3 aromatic rings. The molecular formula is C27H32ClN5O2. The van der Waals surface area contributed by atoms with Crippen LogP contribution in [-0.2, 0) is 24.4 Å². The van der Waals surface area contributed by atoms with Gasteiger partial charge in [-0.1, -0.05) is 53.2 Å². The highest BCUT2D eigenvalue weighted by molar-refractivity contribution is 6.33. The molecule has 2 aliphatic rings. The van der Waals surface area contributed by atoms with Gasteiger partial charge in [-0.05, 0) is 68.6 Å². The van der Waals surface area contributed by atoms with Gasteiger partial charge in [0.2, 0.25) is 17.6 Å². The Kier molecular flexibility index (Phi) is 7.76. The molecular weight excluding hydrogens is 462 g/mol. The number of hydrogen-bond acceptors (Lipinski definition) is 6. The molecule has 1 unspecified atom stereocenters. The van der Waals surface area contributed by atoms with Crippen molar-refractivity contribution in [2.75, 3.05) is 26.2 Å². The fraction of sp³-hybridized carbons (Fsp3) is 0.444. The van der Waals surface area contributed by atoms with Crippen molar-refractivity contribution in [3.05, 3.63) is 70.6 Å². The summed E-state index contributed by atoms with van der Waals surface area (Å²) in [4.78, 5) is 22.2. The molecule has 0 bridgehead atoms. The molecule has 7 nitrogen and oxygen atoms in total. The number of hydrogen-bond donors (Lipinski definition) is 1. The molecule has 0 saturated carbocycles. The normalized spacial score (nSPS) is 19.2. The van der Waals surface area contributed by atoms with Gasteiger partial charge in [0.05, 0.1) is 17.5 Å². The van der Waals surface area contributed by atoms with E-state index >= 15 is 0 Å². The Hall–Kier alpha value is -2.74. The van der Waals surface area contributed by atoms with Gasteiger partial charge >= 0.3 is 0 Å². The van der Waals surface area contributed by atoms with Gasteiger partial charge in [0, 0.05) is 25.2 Å². The molecule has 5 rings (SSSR count). The highest BCUT2D eigenvalue weighted by Crippen LogP contribution is 2.26. The Morgan fingerprint density at radius 1 is 1.00 bits per heavy atom. The third-order valence-corrected chi connectivity index (χ3v) is 7.21. The summed E-state index contributed by atoms with van der Waals surface area (Å²) < 4.78 is 5.47. The number of piperidine rings is 1. The van der Waals surface area contributed by atoms with Crippen molar-refractivity contribution in [2.24, 2.45) is 5.92 Å². The van der Waals surface area contributed by atoms with Crippen LogP contribution < -0.4 is 5.32 Å². The van der Waals surface area contributed by atoms with Crippen LogP contribution >= 0.6 is 11.6 Å². The van der Waals surface area contributed by atoms with Gasteiger partial charge in [0.1, 0.15) is 0 Å². The van der Waals surface area contributed by atoms with E-state index in [2.05, 4.69) is 49.5 Å². The monoisotopic (exact) mass is 493 g/mol. The molecule has 1 N–H and O–H groups in total. The highest BCUT2D eigenvalue weighted by atomic mass is 35.5. The van der Waals surface area contributed by atoms with Crippen molar-refractivity contribution in [1.29, 1.82) is 0 Å². The third-order valence-electron chi connectivity index (χ3n) is 6.88. The summed E-state index contributed by atoms with van der Waals surface area (Å²) in [5.74, 6) is 1.10. The molecule has 2 aromatic carbocycles. The molecule has 184 valence electrons. The zero-order valence-corrected chi connectivity index (χ0v) is 20.7. The van der Waals surface area contributed by atoms with E-state index in [9.17, 15) is 4.79 Å². The summed E-state index contributed by atoms with van der Waals surface area (Å²) in [6, 6.07) is 16.0. The minimum absolute atomic E-state index is 0.0394. The molecule has 2 aliphatic heterocycles. The van der Waals surface area contributed by atoms with Gasteiger partial charge in [-0.3, -0.25) is 14.6 Å². The minimum atomic E-state index is -0.0394. The maximum Gasteiger partial charge on any atom is 0.241 e. The fourth-order valence-corrected chi connectivity index (χ4v) is 5.27. The van der Waals surface area contributed by atoms with E-state index in [1.54, 1.807) is 0 Å². The quantitative estimate of drug-likeness (QED) is 0.497. The van der Waals surface area contributed by atoms with Gasteiger partial charge in [0.15, 0.2) is 0 Å². The highest BCUT2D eigenvalue weighted by Gasteiger charge is 2.27. The number of likely N-dealkylation sites (tertiary alicyclic amines) is 2. The predicted octanol–water partition coefficient (Wildman–Crippen LogP) is 4.51. The Morgan fingerprint density at radius 3 is 2.66 bits per heavy atom. The van der Waals surface area contributed by atoms with Crippen molar-refractivity contribution < 1.29 is 9.32 Å². The lowest BCUT2D eigenvalue weighted by atomic mass is 9.97. The number of halogens is 1. The summed E-state index contributed by atoms with van der Waals surface area (Å²) in [6.07, 6.45) is 4.45. The summed E-state index contributed by atoms with van der Waals surface area (Å²) in [6.45, 7) is 6.05. The van der Waals surface area contributed by atoms with Gasteiger partial charge in [0.25, 0.3) is 0 Å². The van der Waals surface area contributed by atoms with Crippen LogP contribution in [0.2, 0.25) is 5.02 Å². The van der Waals surface area contributed by atoms with Crippen LogP contribution in [0.25, 0.3) is 11.4 Å². The van der Waals surface area contributed by atoms with Gasteiger partial charge in [-0.15, -0.1) is 0 Å². The number of nitrogens with zero attached hydrogens (tertiary/aromatic N) is 4. The molecule has 35 heavy (non-hydrogen) atoms. The maximum atomic E-state index is 12.9. The Balaban J connectivity index is 1.13. The zero-order chi connectivity index (χ0) is 24.0. The molecule has 1 atom stereocenters. The molecule has 2 saturated heterocycles. The molecule has 0 radical (unpaired) electrons. The van der Waals surface area contributed by atoms with E-state index in [1.807, 2.05) is 24.3 Å². The van der Waals surface area contributed by atoms with Crippen LogP contribution in [0.5, 0.6) is 0 Å². The van der Waals surface area contributed by atoms with E-state index in [0.29, 0.717) is 36.4 Å². The van der Waals surface area contributed by atoms with Crippen LogP contribution in [-0.4, -0.2) is 52.0 Å². The molecule has 1 aromatic heterocycles. The molecule has 3 heterocycles. The second-order valence-corrected chi connectivity index (χ2v) is 9.99. The average Bonchev–Trinajstić information content (AvgIpc) is 3.56. The van der Waals surface area contributed by atoms with E-state index < -0.39 is 0 Å². The molecule has 2 fully saturated rings. The van der Waals surface area contributed by atoms with Gasteiger partial charge in [-0.25, -0.2) is 0 Å². The second-order valence-electron chi connectivity index (χ2n) is 9.59. The molecule has 1 amide bonds. The first-order valence-corrected chi connectivity index (χ1v) is 12.9. The van der Waals surface area contributed by atoms with Crippen molar-refractivity contribution in [3.63, 3.8) is 0 Å². The molecule has 0 aliphatic carbocycles. The average molecular weight is 494 g/mol. The third kappa shape index (κ3) is 6.28. The lowest BCUT2D eigenvalue weighted by Crippen LogP contribution is -2.42. The van der Waals surface area contributed by atoms with Crippen LogP contribution in [0.3, 0.4) is 0 Å². The number of nitrogens with one attached hydrogen (secondary N) is 1. The lowest BCUT2D eigenvalue weighted by Gasteiger charge is -2.30. The number of carbonyl (C=O) groups is 1. The Morgan fingerprint density at radius 2 is 1.80 bits per heavy atom. The van der Waals surface area contributed by atoms with Crippen LogP contribution in [0.1, 0.15) is 42.7 Å². The first kappa shape index (κ1) is 24.0. The summed E-state index contributed by atoms with van der Waals surface area (Å²) in [5.41, 5.74) is 3.23. The lowest BCUT2D eigenvalue weighted by molar-refractivity contribution is -0.127. The topological polar surface area (TPSA) is 74.5 Å². The number of carbonyl (C=O) groups excluding carboxylic acids is 1. The summed E-state index contributed by atoms with van der Waals surface area (Å²) >= 11 is 6.26. The summed E-state index contributed by atoms with van der Waals surface area (Å²) in [7, 11) is 0. The number of amides is 1. The smallest absolute Gasteiger partial charge is 0.241 e. The van der Waals surface area contributed by atoms with Crippen molar-refractivity contribution in [3.8, 4) is 11.4 Å². The maximum absolute atomic E-state index is 12.9. The predicted molar refractivity (Wildman–Crippen MR) is 136 cm³/mol. The second kappa shape index (κ2) is 11.3. The molecule has 8 heteroatoms. The SMILES string of the molecule is O=C(NCc1cccc(CN2CCCC2)c1)C1CCCN(Cc2nc(-c3ccccc3Cl)no2)C1. The Bertz CT molecular complexity index is 1140. The Labute approximate surface area is 211 Å². The van der Waals surface area contributed by atoms with Crippen LogP contribution in [0.4, 0.5) is 0 Å². The minimum Gasteiger partial charge on any atom is -0.352 e. The van der Waals surface area contributed by atoms with E-state index in [0.717, 1.165) is 37.1 Å². The van der Waals surface area contributed by atoms with Crippen LogP contribution in [0.15, 0.2) is 53.1 Å². The largest absolute Gasteiger partial charge is 0.352 e. The first-order valence-electron chi connectivity index (χ1n) is 12.5. The zero-order valence-electron chi connectivity index (χ0n) is 20.0. The fourth-order valence-electron chi connectivity index (χ4n) is 5.05. The standard InChI is InChI=1S/C27H32ClN5O2/c28-24-11-2-1-10-23(24)26-30-25(35-31-26)19-33-14-6-9-22(18-33)27(34)29-16-20-7-5-8-21(15-20)17-32-12-3-4-13-32/h1-2,5,7-8,10-11,15,22H,3-4,6,9,12-14,16-19H2,(H,29,34). The van der Waals surface area contributed by atoms with Crippen molar-refractivity contribution in [2.45, 2.75) is 45.3 Å².